The van der Waals surface area contributed by atoms with Crippen molar-refractivity contribution in [1.29, 1.82) is 0 Å². The Morgan fingerprint density at radius 1 is 1.36 bits per heavy atom. The molecule has 3 heterocycles. The van der Waals surface area contributed by atoms with Crippen LogP contribution in [0, 0.1) is 0 Å². The number of anilines is 2. The Kier molecular flexibility index (Phi) is 3.16. The standard InChI is InChI=1S/C16H13N3O2S/c20-15(14-2-1-7-21-14)19-16-18-13(9-22-16)10-3-4-12-11(8-10)5-6-17-12/h1-4,7-9,17H,5-6H2,(H,18,19,20). The van der Waals surface area contributed by atoms with Gasteiger partial charge >= 0.3 is 0 Å². The number of hydrogen-bond donors (Lipinski definition) is 2. The summed E-state index contributed by atoms with van der Waals surface area (Å²) in [7, 11) is 0. The smallest absolute Gasteiger partial charge is 0.293 e. The largest absolute Gasteiger partial charge is 0.459 e. The van der Waals surface area contributed by atoms with Gasteiger partial charge in [0.25, 0.3) is 5.91 Å². The number of nitrogens with one attached hydrogen (secondary N) is 2. The molecular weight excluding hydrogens is 298 g/mol. The minimum Gasteiger partial charge on any atom is -0.459 e. The molecule has 0 fully saturated rings. The third-order valence-corrected chi connectivity index (χ3v) is 4.34. The predicted molar refractivity (Wildman–Crippen MR) is 86.4 cm³/mol. The fourth-order valence-corrected chi connectivity index (χ4v) is 3.21. The van der Waals surface area contributed by atoms with Crippen LogP contribution in [-0.4, -0.2) is 17.4 Å². The van der Waals surface area contributed by atoms with Crippen molar-refractivity contribution in [2.24, 2.45) is 0 Å². The third kappa shape index (κ3) is 2.37. The highest BCUT2D eigenvalue weighted by Gasteiger charge is 2.14. The van der Waals surface area contributed by atoms with E-state index in [9.17, 15) is 4.79 Å². The first-order chi connectivity index (χ1) is 10.8. The van der Waals surface area contributed by atoms with Gasteiger partial charge in [-0.25, -0.2) is 4.98 Å². The molecule has 6 heteroatoms. The number of benzene rings is 1. The fraction of sp³-hybridized carbons (Fsp3) is 0.125. The number of rotatable bonds is 3. The second-order valence-electron chi connectivity index (χ2n) is 5.02. The molecule has 22 heavy (non-hydrogen) atoms. The monoisotopic (exact) mass is 311 g/mol. The summed E-state index contributed by atoms with van der Waals surface area (Å²) < 4.78 is 5.07. The zero-order valence-corrected chi connectivity index (χ0v) is 12.4. The molecule has 2 aromatic heterocycles. The van der Waals surface area contributed by atoms with E-state index in [2.05, 4.69) is 27.8 Å². The number of furan rings is 1. The molecule has 0 unspecified atom stereocenters. The normalized spacial score (nSPS) is 12.7. The summed E-state index contributed by atoms with van der Waals surface area (Å²) in [6, 6.07) is 9.59. The molecule has 1 amide bonds. The van der Waals surface area contributed by atoms with Crippen LogP contribution in [0.4, 0.5) is 10.8 Å². The summed E-state index contributed by atoms with van der Waals surface area (Å²) in [6.07, 6.45) is 2.51. The van der Waals surface area contributed by atoms with Crippen LogP contribution in [0.3, 0.4) is 0 Å². The summed E-state index contributed by atoms with van der Waals surface area (Å²) in [5.41, 5.74) is 4.45. The van der Waals surface area contributed by atoms with E-state index >= 15 is 0 Å². The molecule has 2 N–H and O–H groups in total. The van der Waals surface area contributed by atoms with Crippen molar-refractivity contribution in [2.45, 2.75) is 6.42 Å². The van der Waals surface area contributed by atoms with Gasteiger partial charge < -0.3 is 9.73 Å². The maximum atomic E-state index is 11.9. The van der Waals surface area contributed by atoms with Crippen LogP contribution < -0.4 is 10.6 Å². The molecule has 0 aliphatic carbocycles. The number of fused-ring (bicyclic) bond motifs is 1. The van der Waals surface area contributed by atoms with E-state index in [1.807, 2.05) is 11.4 Å². The van der Waals surface area contributed by atoms with Crippen molar-refractivity contribution in [1.82, 2.24) is 4.98 Å². The summed E-state index contributed by atoms with van der Waals surface area (Å²) in [4.78, 5) is 16.4. The summed E-state index contributed by atoms with van der Waals surface area (Å²) in [5.74, 6) is -0.00981. The molecule has 0 bridgehead atoms. The second-order valence-corrected chi connectivity index (χ2v) is 5.88. The molecule has 0 radical (unpaired) electrons. The van der Waals surface area contributed by atoms with Crippen molar-refractivity contribution in [3.05, 3.63) is 53.3 Å². The first-order valence-electron chi connectivity index (χ1n) is 6.97. The van der Waals surface area contributed by atoms with Gasteiger partial charge in [0.05, 0.1) is 12.0 Å². The minimum absolute atomic E-state index is 0.278. The molecule has 1 aromatic carbocycles. The number of aromatic nitrogens is 1. The van der Waals surface area contributed by atoms with Gasteiger partial charge in [0.1, 0.15) is 0 Å². The lowest BCUT2D eigenvalue weighted by Crippen LogP contribution is -2.10. The SMILES string of the molecule is O=C(Nc1nc(-c2ccc3c(c2)CCN3)cs1)c1ccco1. The Balaban J connectivity index is 1.55. The molecule has 0 saturated heterocycles. The van der Waals surface area contributed by atoms with Crippen molar-refractivity contribution in [3.8, 4) is 11.3 Å². The Morgan fingerprint density at radius 3 is 3.18 bits per heavy atom. The molecule has 110 valence electrons. The van der Waals surface area contributed by atoms with E-state index in [-0.39, 0.29) is 11.7 Å². The van der Waals surface area contributed by atoms with Gasteiger partial charge in [0, 0.05) is 23.2 Å². The molecule has 3 aromatic rings. The molecule has 5 nitrogen and oxygen atoms in total. The molecule has 4 rings (SSSR count). The van der Waals surface area contributed by atoms with Gasteiger partial charge in [-0.3, -0.25) is 10.1 Å². The summed E-state index contributed by atoms with van der Waals surface area (Å²) in [5, 5.41) is 8.60. The van der Waals surface area contributed by atoms with Gasteiger partial charge in [0.15, 0.2) is 10.9 Å². The van der Waals surface area contributed by atoms with Crippen LogP contribution in [0.1, 0.15) is 16.1 Å². The van der Waals surface area contributed by atoms with Crippen LogP contribution in [0.5, 0.6) is 0 Å². The predicted octanol–water partition coefficient (Wildman–Crippen LogP) is 3.62. The van der Waals surface area contributed by atoms with Crippen LogP contribution >= 0.6 is 11.3 Å². The maximum Gasteiger partial charge on any atom is 0.293 e. The average Bonchev–Trinajstić information content (AvgIpc) is 3.27. The van der Waals surface area contributed by atoms with E-state index in [1.165, 1.54) is 28.9 Å². The number of nitrogens with zero attached hydrogens (tertiary/aromatic N) is 1. The van der Waals surface area contributed by atoms with Crippen LogP contribution in [-0.2, 0) is 6.42 Å². The Hall–Kier alpha value is -2.60. The van der Waals surface area contributed by atoms with Crippen molar-refractivity contribution < 1.29 is 9.21 Å². The van der Waals surface area contributed by atoms with Gasteiger partial charge in [0.2, 0.25) is 0 Å². The zero-order chi connectivity index (χ0) is 14.9. The average molecular weight is 311 g/mol. The Labute approximate surface area is 131 Å². The van der Waals surface area contributed by atoms with Crippen molar-refractivity contribution >= 4 is 28.1 Å². The third-order valence-electron chi connectivity index (χ3n) is 3.58. The lowest BCUT2D eigenvalue weighted by Gasteiger charge is -2.02. The molecule has 1 aliphatic heterocycles. The molecule has 1 aliphatic rings. The van der Waals surface area contributed by atoms with Crippen molar-refractivity contribution in [2.75, 3.05) is 17.2 Å². The number of hydrogen-bond acceptors (Lipinski definition) is 5. The highest BCUT2D eigenvalue weighted by molar-refractivity contribution is 7.14. The van der Waals surface area contributed by atoms with E-state index in [0.717, 1.165) is 24.2 Å². The van der Waals surface area contributed by atoms with Gasteiger partial charge in [-0.1, -0.05) is 6.07 Å². The molecule has 0 spiro atoms. The summed E-state index contributed by atoms with van der Waals surface area (Å²) in [6.45, 7) is 0.986. The first kappa shape index (κ1) is 13.1. The van der Waals surface area contributed by atoms with E-state index in [4.69, 9.17) is 4.42 Å². The van der Waals surface area contributed by atoms with Crippen molar-refractivity contribution in [3.63, 3.8) is 0 Å². The highest BCUT2D eigenvalue weighted by atomic mass is 32.1. The number of thiazole rings is 1. The van der Waals surface area contributed by atoms with E-state index < -0.39 is 0 Å². The number of carbonyl (C=O) groups is 1. The topological polar surface area (TPSA) is 67.2 Å². The fourth-order valence-electron chi connectivity index (χ4n) is 2.49. The first-order valence-corrected chi connectivity index (χ1v) is 7.85. The van der Waals surface area contributed by atoms with Crippen LogP contribution in [0.15, 0.2) is 46.4 Å². The van der Waals surface area contributed by atoms with Gasteiger partial charge in [-0.2, -0.15) is 0 Å². The minimum atomic E-state index is -0.288. The highest BCUT2D eigenvalue weighted by Crippen LogP contribution is 2.30. The number of amides is 1. The summed E-state index contributed by atoms with van der Waals surface area (Å²) >= 11 is 1.40. The van der Waals surface area contributed by atoms with Gasteiger partial charge in [-0.05, 0) is 36.2 Å². The molecule has 0 atom stereocenters. The molecule has 0 saturated carbocycles. The second kappa shape index (κ2) is 5.31. The number of carbonyl (C=O) groups excluding carboxylic acids is 1. The Bertz CT molecular complexity index is 824. The quantitative estimate of drug-likeness (QED) is 0.775. The van der Waals surface area contributed by atoms with E-state index in [0.29, 0.717) is 5.13 Å². The van der Waals surface area contributed by atoms with E-state index in [1.54, 1.807) is 12.1 Å². The molecular formula is C16H13N3O2S. The van der Waals surface area contributed by atoms with Crippen LogP contribution in [0.2, 0.25) is 0 Å². The van der Waals surface area contributed by atoms with Gasteiger partial charge in [-0.15, -0.1) is 11.3 Å². The maximum absolute atomic E-state index is 11.9. The lowest BCUT2D eigenvalue weighted by atomic mass is 10.1. The lowest BCUT2D eigenvalue weighted by molar-refractivity contribution is 0.0996. The van der Waals surface area contributed by atoms with Crippen LogP contribution in [0.25, 0.3) is 11.3 Å². The zero-order valence-electron chi connectivity index (χ0n) is 11.6. The Morgan fingerprint density at radius 2 is 2.32 bits per heavy atom.